The molecule has 0 unspecified atom stereocenters. The van der Waals surface area contributed by atoms with E-state index in [-0.39, 0.29) is 12.1 Å². The van der Waals surface area contributed by atoms with E-state index in [1.165, 1.54) is 0 Å². The van der Waals surface area contributed by atoms with Crippen molar-refractivity contribution in [3.8, 4) is 11.8 Å². The van der Waals surface area contributed by atoms with Crippen LogP contribution in [0.2, 0.25) is 0 Å². The van der Waals surface area contributed by atoms with Crippen LogP contribution in [0, 0.1) is 11.8 Å². The summed E-state index contributed by atoms with van der Waals surface area (Å²) in [5.41, 5.74) is 5.40. The number of aromatic amines is 1. The number of nitrogens with zero attached hydrogens (tertiary/aromatic N) is 3. The van der Waals surface area contributed by atoms with Gasteiger partial charge in [0.05, 0.1) is 6.54 Å². The van der Waals surface area contributed by atoms with E-state index in [0.29, 0.717) is 6.07 Å². The van der Waals surface area contributed by atoms with Gasteiger partial charge in [-0.3, -0.25) is 4.79 Å². The van der Waals surface area contributed by atoms with Gasteiger partial charge in [-0.1, -0.05) is 17.0 Å². The molecule has 0 aromatic carbocycles. The molecule has 0 saturated heterocycles. The molecule has 88 valence electrons. The van der Waals surface area contributed by atoms with Crippen molar-refractivity contribution in [1.82, 2.24) is 4.98 Å². The van der Waals surface area contributed by atoms with Crippen LogP contribution in [0.25, 0.3) is 10.4 Å². The zero-order chi connectivity index (χ0) is 12.9. The summed E-state index contributed by atoms with van der Waals surface area (Å²) in [6.07, 6.45) is -3.67. The number of hydrogen-bond donors (Lipinski definition) is 1. The van der Waals surface area contributed by atoms with Crippen molar-refractivity contribution in [2.45, 2.75) is 6.18 Å². The number of azide groups is 1. The summed E-state index contributed by atoms with van der Waals surface area (Å²) < 4.78 is 37.0. The Morgan fingerprint density at radius 1 is 1.53 bits per heavy atom. The predicted octanol–water partition coefficient (Wildman–Crippen LogP) is 2.06. The van der Waals surface area contributed by atoms with Crippen LogP contribution in [0.4, 0.5) is 13.2 Å². The first kappa shape index (κ1) is 12.7. The summed E-state index contributed by atoms with van der Waals surface area (Å²) in [6, 6.07) is 0.641. The zero-order valence-corrected chi connectivity index (χ0v) is 8.25. The van der Waals surface area contributed by atoms with E-state index >= 15 is 0 Å². The molecule has 0 radical (unpaired) electrons. The molecule has 1 aromatic rings. The lowest BCUT2D eigenvalue weighted by atomic mass is 10.2. The second-order valence-electron chi connectivity index (χ2n) is 2.82. The van der Waals surface area contributed by atoms with Crippen molar-refractivity contribution >= 4 is 0 Å². The van der Waals surface area contributed by atoms with Gasteiger partial charge in [-0.15, -0.1) is 0 Å². The number of halogens is 3. The Labute approximate surface area is 92.9 Å². The SMILES string of the molecule is [N-]=[N+]=NCC#Cc1c[nH]c(=O)c(C(F)(F)F)c1. The quantitative estimate of drug-likeness (QED) is 0.347. The smallest absolute Gasteiger partial charge is 0.327 e. The van der Waals surface area contributed by atoms with Gasteiger partial charge < -0.3 is 4.98 Å². The molecule has 1 heterocycles. The molecule has 0 amide bonds. The van der Waals surface area contributed by atoms with Crippen LogP contribution in [-0.2, 0) is 6.18 Å². The van der Waals surface area contributed by atoms with Gasteiger partial charge in [0.15, 0.2) is 0 Å². The van der Waals surface area contributed by atoms with Crippen molar-refractivity contribution < 1.29 is 13.2 Å². The minimum Gasteiger partial charge on any atom is -0.327 e. The highest BCUT2D eigenvalue weighted by molar-refractivity contribution is 5.35. The fourth-order valence-electron chi connectivity index (χ4n) is 0.975. The third kappa shape index (κ3) is 3.59. The number of alkyl halides is 3. The number of rotatable bonds is 1. The largest absolute Gasteiger partial charge is 0.421 e. The van der Waals surface area contributed by atoms with Crippen molar-refractivity contribution in [2.24, 2.45) is 5.11 Å². The van der Waals surface area contributed by atoms with Gasteiger partial charge in [-0.25, -0.2) is 0 Å². The third-order valence-electron chi connectivity index (χ3n) is 1.65. The molecule has 0 spiro atoms. The number of H-pyrrole nitrogens is 1. The fraction of sp³-hybridized carbons (Fsp3) is 0.222. The molecule has 0 aliphatic rings. The van der Waals surface area contributed by atoms with Crippen molar-refractivity contribution in [1.29, 1.82) is 0 Å². The first-order chi connectivity index (χ1) is 7.95. The average Bonchev–Trinajstić information content (AvgIpc) is 2.25. The minimum atomic E-state index is -4.73. The summed E-state index contributed by atoms with van der Waals surface area (Å²) in [7, 11) is 0. The van der Waals surface area contributed by atoms with Gasteiger partial charge in [0.2, 0.25) is 0 Å². The normalized spacial score (nSPS) is 10.1. The van der Waals surface area contributed by atoms with E-state index in [2.05, 4.69) is 21.9 Å². The Hall–Kier alpha value is -2.39. The van der Waals surface area contributed by atoms with E-state index in [1.54, 1.807) is 0 Å². The Morgan fingerprint density at radius 3 is 2.82 bits per heavy atom. The van der Waals surface area contributed by atoms with Gasteiger partial charge in [0.1, 0.15) is 5.56 Å². The Balaban J connectivity index is 3.08. The average molecular weight is 242 g/mol. The van der Waals surface area contributed by atoms with E-state index in [0.717, 1.165) is 6.20 Å². The highest BCUT2D eigenvalue weighted by Crippen LogP contribution is 2.26. The van der Waals surface area contributed by atoms with E-state index < -0.39 is 17.3 Å². The standard InChI is InChI=1S/C9H5F3N4O/c10-9(11,12)7-4-6(5-14-8(7)17)2-1-3-15-16-13/h4-5H,3H2,(H,14,17). The summed E-state index contributed by atoms with van der Waals surface area (Å²) in [6.45, 7) is -0.156. The third-order valence-corrected chi connectivity index (χ3v) is 1.65. The fourth-order valence-corrected chi connectivity index (χ4v) is 0.975. The maximum Gasteiger partial charge on any atom is 0.421 e. The van der Waals surface area contributed by atoms with Crippen LogP contribution >= 0.6 is 0 Å². The lowest BCUT2D eigenvalue weighted by Crippen LogP contribution is -2.21. The van der Waals surface area contributed by atoms with Crippen LogP contribution < -0.4 is 5.56 Å². The molecule has 1 rings (SSSR count). The second-order valence-corrected chi connectivity index (χ2v) is 2.82. The number of hydrogen-bond acceptors (Lipinski definition) is 2. The molecule has 8 heteroatoms. The summed E-state index contributed by atoms with van der Waals surface area (Å²) >= 11 is 0. The minimum absolute atomic E-state index is 0.00920. The zero-order valence-electron chi connectivity index (χ0n) is 8.25. The Kier molecular flexibility index (Phi) is 3.80. The van der Waals surface area contributed by atoms with Gasteiger partial charge in [-0.2, -0.15) is 13.2 Å². The van der Waals surface area contributed by atoms with Gasteiger partial charge >= 0.3 is 6.18 Å². The lowest BCUT2D eigenvalue weighted by molar-refractivity contribution is -0.138. The highest BCUT2D eigenvalue weighted by Gasteiger charge is 2.33. The first-order valence-corrected chi connectivity index (χ1v) is 4.25. The molecule has 0 bridgehead atoms. The van der Waals surface area contributed by atoms with Crippen molar-refractivity contribution in [3.63, 3.8) is 0 Å². The molecular formula is C9H5F3N4O. The summed E-state index contributed by atoms with van der Waals surface area (Å²) in [5, 5.41) is 3.09. The van der Waals surface area contributed by atoms with E-state index in [1.807, 2.05) is 4.98 Å². The van der Waals surface area contributed by atoms with Crippen LogP contribution in [0.3, 0.4) is 0 Å². The molecule has 0 saturated carbocycles. The maximum absolute atomic E-state index is 12.3. The van der Waals surface area contributed by atoms with Crippen LogP contribution in [-0.4, -0.2) is 11.5 Å². The summed E-state index contributed by atoms with van der Waals surface area (Å²) in [4.78, 5) is 15.3. The number of aromatic nitrogens is 1. The van der Waals surface area contributed by atoms with Crippen LogP contribution in [0.5, 0.6) is 0 Å². The summed E-state index contributed by atoms with van der Waals surface area (Å²) in [5.74, 6) is 4.68. The van der Waals surface area contributed by atoms with Crippen LogP contribution in [0.1, 0.15) is 11.1 Å². The monoisotopic (exact) mass is 242 g/mol. The second kappa shape index (κ2) is 5.09. The molecule has 0 aliphatic heterocycles. The molecule has 0 atom stereocenters. The van der Waals surface area contributed by atoms with Gasteiger partial charge in [-0.05, 0) is 11.6 Å². The molecule has 1 N–H and O–H groups in total. The van der Waals surface area contributed by atoms with E-state index in [4.69, 9.17) is 5.53 Å². The van der Waals surface area contributed by atoms with Crippen LogP contribution in [0.15, 0.2) is 22.2 Å². The molecule has 17 heavy (non-hydrogen) atoms. The topological polar surface area (TPSA) is 81.6 Å². The maximum atomic E-state index is 12.3. The lowest BCUT2D eigenvalue weighted by Gasteiger charge is -2.04. The van der Waals surface area contributed by atoms with Gasteiger partial charge in [0, 0.05) is 16.7 Å². The molecular weight excluding hydrogens is 237 g/mol. The Bertz CT molecular complexity index is 572. The first-order valence-electron chi connectivity index (χ1n) is 4.25. The van der Waals surface area contributed by atoms with Gasteiger partial charge in [0.25, 0.3) is 5.56 Å². The number of nitrogens with one attached hydrogen (secondary N) is 1. The van der Waals surface area contributed by atoms with E-state index in [9.17, 15) is 18.0 Å². The van der Waals surface area contributed by atoms with Crippen molar-refractivity contribution in [3.05, 3.63) is 44.2 Å². The molecule has 0 fully saturated rings. The number of pyridine rings is 1. The Morgan fingerprint density at radius 2 is 2.24 bits per heavy atom. The molecule has 1 aromatic heterocycles. The predicted molar refractivity (Wildman–Crippen MR) is 53.0 cm³/mol. The van der Waals surface area contributed by atoms with Crippen molar-refractivity contribution in [2.75, 3.05) is 6.54 Å². The highest BCUT2D eigenvalue weighted by atomic mass is 19.4. The molecule has 5 nitrogen and oxygen atoms in total. The molecule has 0 aliphatic carbocycles.